The summed E-state index contributed by atoms with van der Waals surface area (Å²) < 4.78 is 15.4. The monoisotopic (exact) mass is 497 g/mol. The van der Waals surface area contributed by atoms with E-state index in [1.165, 1.54) is 11.8 Å². The number of hydrazine groups is 1. The first kappa shape index (κ1) is 26.4. The minimum atomic E-state index is -0.631. The first-order valence-corrected chi connectivity index (χ1v) is 13.0. The number of hydrogen-bond acceptors (Lipinski definition) is 9. The van der Waals surface area contributed by atoms with Gasteiger partial charge in [-0.3, -0.25) is 25.6 Å². The highest BCUT2D eigenvalue weighted by atomic mass is 32.2. The minimum absolute atomic E-state index is 0.112. The summed E-state index contributed by atoms with van der Waals surface area (Å²) in [6.45, 7) is 3.31. The van der Waals surface area contributed by atoms with Gasteiger partial charge in [-0.25, -0.2) is 15.0 Å². The molecule has 1 aromatic rings. The van der Waals surface area contributed by atoms with Crippen molar-refractivity contribution in [3.8, 4) is 0 Å². The van der Waals surface area contributed by atoms with Crippen LogP contribution in [0.3, 0.4) is 0 Å². The average molecular weight is 498 g/mol. The molecule has 0 bridgehead atoms. The van der Waals surface area contributed by atoms with Crippen LogP contribution in [0.1, 0.15) is 39.0 Å². The quantitative estimate of drug-likeness (QED) is 0.139. The second kappa shape index (κ2) is 12.0. The lowest BCUT2D eigenvalue weighted by molar-refractivity contribution is -0.154. The molecule has 0 aromatic carbocycles. The fraction of sp³-hybridized carbons (Fsp3) is 0.727. The topological polar surface area (TPSA) is 114 Å². The van der Waals surface area contributed by atoms with Gasteiger partial charge in [0.25, 0.3) is 0 Å². The van der Waals surface area contributed by atoms with Gasteiger partial charge >= 0.3 is 0 Å². The van der Waals surface area contributed by atoms with Crippen LogP contribution in [-0.4, -0.2) is 83.5 Å². The Bertz CT molecular complexity index is 856. The Balaban J connectivity index is 1.74. The molecule has 1 saturated carbocycles. The number of hydrogen-bond donors (Lipinski definition) is 3. The highest BCUT2D eigenvalue weighted by Gasteiger charge is 2.34. The van der Waals surface area contributed by atoms with Gasteiger partial charge in [-0.1, -0.05) is 44.4 Å². The lowest BCUT2D eigenvalue weighted by Crippen LogP contribution is -2.41. The van der Waals surface area contributed by atoms with Crippen LogP contribution in [0.2, 0.25) is 0 Å². The molecule has 3 N–H and O–H groups in total. The van der Waals surface area contributed by atoms with Crippen molar-refractivity contribution in [1.82, 2.24) is 25.4 Å². The zero-order chi connectivity index (χ0) is 24.8. The lowest BCUT2D eigenvalue weighted by atomic mass is 9.92. The van der Waals surface area contributed by atoms with Crippen LogP contribution in [0.15, 0.2) is 5.16 Å². The molecular weight excluding hydrogens is 461 g/mol. The van der Waals surface area contributed by atoms with Gasteiger partial charge < -0.3 is 9.80 Å². The van der Waals surface area contributed by atoms with Crippen molar-refractivity contribution >= 4 is 35.7 Å². The number of thioether (sulfide) groups is 1. The van der Waals surface area contributed by atoms with Crippen LogP contribution in [0.4, 0.5) is 16.0 Å². The van der Waals surface area contributed by atoms with Crippen molar-refractivity contribution in [1.29, 1.82) is 0 Å². The van der Waals surface area contributed by atoms with Crippen LogP contribution >= 0.6 is 11.8 Å². The normalized spacial score (nSPS) is 21.7. The number of rotatable bonds is 11. The SMILES string of the molecule is CSc1nc(NNC(=O)[C@H](CC2CCCC2)CN(O)C=O)c(F)c(N2CC(C)[C@H](N(C)C)C2)n1. The van der Waals surface area contributed by atoms with Gasteiger partial charge in [0.05, 0.1) is 12.5 Å². The van der Waals surface area contributed by atoms with E-state index in [1.807, 2.05) is 25.3 Å². The van der Waals surface area contributed by atoms with E-state index >= 15 is 4.39 Å². The second-order valence-corrected chi connectivity index (χ2v) is 10.3. The maximum atomic E-state index is 15.4. The number of carbonyl (C=O) groups excluding carboxylic acids is 2. The summed E-state index contributed by atoms with van der Waals surface area (Å²) in [4.78, 5) is 36.5. The van der Waals surface area contributed by atoms with Gasteiger partial charge in [-0.05, 0) is 38.6 Å². The van der Waals surface area contributed by atoms with E-state index in [9.17, 15) is 14.8 Å². The molecule has 34 heavy (non-hydrogen) atoms. The molecule has 2 fully saturated rings. The smallest absolute Gasteiger partial charge is 0.243 e. The summed E-state index contributed by atoms with van der Waals surface area (Å²) in [6.07, 6.45) is 6.90. The molecule has 1 aliphatic carbocycles. The highest BCUT2D eigenvalue weighted by Crippen LogP contribution is 2.32. The second-order valence-electron chi connectivity index (χ2n) is 9.53. The van der Waals surface area contributed by atoms with Gasteiger partial charge in [0.1, 0.15) is 0 Å². The van der Waals surface area contributed by atoms with Gasteiger partial charge in [-0.15, -0.1) is 0 Å². The maximum Gasteiger partial charge on any atom is 0.243 e. The third-order valence-corrected chi connectivity index (χ3v) is 7.38. The molecule has 2 aliphatic rings. The highest BCUT2D eigenvalue weighted by molar-refractivity contribution is 7.98. The fourth-order valence-electron chi connectivity index (χ4n) is 5.00. The van der Waals surface area contributed by atoms with Gasteiger partial charge in [-0.2, -0.15) is 4.39 Å². The van der Waals surface area contributed by atoms with E-state index < -0.39 is 17.6 Å². The molecule has 0 spiro atoms. The molecule has 10 nitrogen and oxygen atoms in total. The van der Waals surface area contributed by atoms with E-state index in [0.717, 1.165) is 25.7 Å². The van der Waals surface area contributed by atoms with E-state index in [2.05, 4.69) is 32.6 Å². The summed E-state index contributed by atoms with van der Waals surface area (Å²) in [5.74, 6) is -0.890. The number of nitrogens with zero attached hydrogens (tertiary/aromatic N) is 5. The van der Waals surface area contributed by atoms with Crippen molar-refractivity contribution in [2.75, 3.05) is 50.3 Å². The number of nitrogens with one attached hydrogen (secondary N) is 2. The number of halogens is 1. The van der Waals surface area contributed by atoms with Crippen LogP contribution in [0.25, 0.3) is 0 Å². The molecule has 2 amide bonds. The van der Waals surface area contributed by atoms with Crippen molar-refractivity contribution in [2.45, 2.75) is 50.2 Å². The van der Waals surface area contributed by atoms with Gasteiger partial charge in [0, 0.05) is 19.1 Å². The molecule has 12 heteroatoms. The molecule has 3 rings (SSSR count). The van der Waals surface area contributed by atoms with E-state index in [-0.39, 0.29) is 30.6 Å². The fourth-order valence-corrected chi connectivity index (χ4v) is 5.36. The third kappa shape index (κ3) is 6.48. The van der Waals surface area contributed by atoms with Crippen molar-refractivity contribution in [3.63, 3.8) is 0 Å². The molecule has 0 radical (unpaired) electrons. The van der Waals surface area contributed by atoms with E-state index in [1.54, 1.807) is 0 Å². The Morgan fingerprint density at radius 1 is 1.32 bits per heavy atom. The molecular formula is C22H36FN7O3S. The van der Waals surface area contributed by atoms with E-state index in [4.69, 9.17) is 0 Å². The third-order valence-electron chi connectivity index (χ3n) is 6.83. The first-order valence-electron chi connectivity index (χ1n) is 11.7. The Morgan fingerprint density at radius 3 is 2.62 bits per heavy atom. The van der Waals surface area contributed by atoms with E-state index in [0.29, 0.717) is 41.6 Å². The van der Waals surface area contributed by atoms with Crippen LogP contribution in [0, 0.1) is 23.6 Å². The summed E-state index contributed by atoms with van der Waals surface area (Å²) in [6, 6.07) is 0.277. The number of amides is 2. The summed E-state index contributed by atoms with van der Waals surface area (Å²) in [7, 11) is 4.02. The molecule has 2 heterocycles. The molecule has 190 valence electrons. The number of aromatic nitrogens is 2. The van der Waals surface area contributed by atoms with Gasteiger partial charge in [0.15, 0.2) is 16.8 Å². The zero-order valence-electron chi connectivity index (χ0n) is 20.3. The summed E-state index contributed by atoms with van der Waals surface area (Å²) in [5, 5.41) is 10.5. The minimum Gasteiger partial charge on any atom is -0.352 e. The number of hydroxylamine groups is 2. The summed E-state index contributed by atoms with van der Waals surface area (Å²) >= 11 is 1.29. The molecule has 1 aliphatic heterocycles. The first-order chi connectivity index (χ1) is 16.2. The predicted octanol–water partition coefficient (Wildman–Crippen LogP) is 2.21. The van der Waals surface area contributed by atoms with Crippen molar-refractivity contribution in [2.24, 2.45) is 17.8 Å². The Morgan fingerprint density at radius 2 is 2.03 bits per heavy atom. The Kier molecular flexibility index (Phi) is 9.31. The molecule has 3 atom stereocenters. The molecule has 1 aromatic heterocycles. The number of likely N-dealkylation sites (N-methyl/N-ethyl adjacent to an activating group) is 1. The van der Waals surface area contributed by atoms with Crippen molar-refractivity contribution < 1.29 is 19.2 Å². The standard InChI is InChI=1S/C22H36FN7O3S/c1-14-10-29(12-17(14)28(2)3)20-18(23)19(24-22(25-20)34-4)26-27-21(32)16(11-30(33)13-31)9-15-7-5-6-8-15/h13-17,33H,5-12H2,1-4H3,(H,27,32)(H,24,25,26)/t14?,16-,17-/m1/s1. The average Bonchev–Trinajstić information content (AvgIpc) is 3.47. The van der Waals surface area contributed by atoms with Crippen molar-refractivity contribution in [3.05, 3.63) is 5.82 Å². The molecule has 1 saturated heterocycles. The Hall–Kier alpha value is -2.18. The van der Waals surface area contributed by atoms with Crippen LogP contribution < -0.4 is 15.8 Å². The van der Waals surface area contributed by atoms with Crippen LogP contribution in [-0.2, 0) is 9.59 Å². The Labute approximate surface area is 204 Å². The largest absolute Gasteiger partial charge is 0.352 e. The number of carbonyl (C=O) groups is 2. The zero-order valence-corrected chi connectivity index (χ0v) is 21.1. The number of anilines is 2. The van der Waals surface area contributed by atoms with Crippen LogP contribution in [0.5, 0.6) is 0 Å². The predicted molar refractivity (Wildman–Crippen MR) is 129 cm³/mol. The lowest BCUT2D eigenvalue weighted by Gasteiger charge is -2.24. The molecule has 1 unspecified atom stereocenters. The maximum absolute atomic E-state index is 15.4. The summed E-state index contributed by atoms with van der Waals surface area (Å²) in [5.41, 5.74) is 5.17. The van der Waals surface area contributed by atoms with Gasteiger partial charge in [0.2, 0.25) is 18.1 Å².